The van der Waals surface area contributed by atoms with Crippen molar-refractivity contribution in [3.63, 3.8) is 0 Å². The first-order valence-corrected chi connectivity index (χ1v) is 5.67. The number of rotatable bonds is 2. The van der Waals surface area contributed by atoms with E-state index in [1.807, 2.05) is 18.3 Å². The Morgan fingerprint density at radius 3 is 2.94 bits per heavy atom. The van der Waals surface area contributed by atoms with Gasteiger partial charge in [-0.15, -0.1) is 0 Å². The van der Waals surface area contributed by atoms with Gasteiger partial charge in [-0.1, -0.05) is 0 Å². The molecule has 1 unspecified atom stereocenters. The molecular weight excluding hydrogens is 204 g/mol. The molecule has 4 nitrogen and oxygen atoms in total. The van der Waals surface area contributed by atoms with E-state index in [-0.39, 0.29) is 6.10 Å². The smallest absolute Gasteiger partial charge is 0.0931 e. The Hall–Kier alpha value is -1.13. The summed E-state index contributed by atoms with van der Waals surface area (Å²) in [6, 6.07) is 3.88. The minimum Gasteiger partial charge on any atom is -0.387 e. The molecule has 2 atom stereocenters. The van der Waals surface area contributed by atoms with Crippen LogP contribution < -0.4 is 4.90 Å². The summed E-state index contributed by atoms with van der Waals surface area (Å²) < 4.78 is 5.49. The maximum absolute atomic E-state index is 9.37. The molecule has 1 saturated heterocycles. The van der Waals surface area contributed by atoms with Crippen molar-refractivity contribution in [1.82, 2.24) is 4.98 Å². The fourth-order valence-electron chi connectivity index (χ4n) is 1.88. The van der Waals surface area contributed by atoms with Crippen LogP contribution >= 0.6 is 0 Å². The van der Waals surface area contributed by atoms with Crippen molar-refractivity contribution in [3.05, 3.63) is 24.0 Å². The number of ether oxygens (including phenoxy) is 1. The predicted octanol–water partition coefficient (Wildman–Crippen LogP) is 1.36. The second-order valence-corrected chi connectivity index (χ2v) is 4.24. The van der Waals surface area contributed by atoms with Gasteiger partial charge in [0.2, 0.25) is 0 Å². The summed E-state index contributed by atoms with van der Waals surface area (Å²) in [4.78, 5) is 6.50. The summed E-state index contributed by atoms with van der Waals surface area (Å²) in [6.45, 7) is 6.36. The predicted molar refractivity (Wildman–Crippen MR) is 62.5 cm³/mol. The summed E-state index contributed by atoms with van der Waals surface area (Å²) in [5, 5.41) is 9.37. The van der Waals surface area contributed by atoms with Crippen molar-refractivity contribution in [2.75, 3.05) is 24.6 Å². The molecule has 16 heavy (non-hydrogen) atoms. The number of pyridine rings is 1. The summed E-state index contributed by atoms with van der Waals surface area (Å²) in [6.07, 6.45) is 1.59. The van der Waals surface area contributed by atoms with Gasteiger partial charge in [0.1, 0.15) is 0 Å². The molecule has 2 heterocycles. The number of aromatic nitrogens is 1. The van der Waals surface area contributed by atoms with E-state index in [2.05, 4.69) is 16.8 Å². The van der Waals surface area contributed by atoms with Crippen molar-refractivity contribution >= 4 is 5.69 Å². The second kappa shape index (κ2) is 4.80. The maximum atomic E-state index is 9.37. The van der Waals surface area contributed by atoms with Gasteiger partial charge in [0.05, 0.1) is 36.4 Å². The van der Waals surface area contributed by atoms with Crippen LogP contribution in [0, 0.1) is 0 Å². The zero-order chi connectivity index (χ0) is 11.5. The van der Waals surface area contributed by atoms with Gasteiger partial charge in [-0.3, -0.25) is 4.98 Å². The molecule has 1 aromatic rings. The highest BCUT2D eigenvalue weighted by Crippen LogP contribution is 2.18. The third-order valence-electron chi connectivity index (χ3n) is 2.81. The Morgan fingerprint density at radius 2 is 2.38 bits per heavy atom. The molecule has 0 aliphatic carbocycles. The fraction of sp³-hybridized carbons (Fsp3) is 0.583. The topological polar surface area (TPSA) is 45.6 Å². The Kier molecular flexibility index (Phi) is 3.41. The van der Waals surface area contributed by atoms with Crippen LogP contribution in [0.3, 0.4) is 0 Å². The quantitative estimate of drug-likeness (QED) is 0.820. The standard InChI is InChI=1S/C12H18N2O2/c1-9-8-14(5-6-16-9)11-3-4-12(10(2)15)13-7-11/h3-4,7,9-10,15H,5-6,8H2,1-2H3/t9?,10-/m0/s1. The molecule has 0 amide bonds. The van der Waals surface area contributed by atoms with Crippen LogP contribution in [0.1, 0.15) is 25.6 Å². The zero-order valence-corrected chi connectivity index (χ0v) is 9.76. The summed E-state index contributed by atoms with van der Waals surface area (Å²) in [7, 11) is 0. The highest BCUT2D eigenvalue weighted by atomic mass is 16.5. The summed E-state index contributed by atoms with van der Waals surface area (Å²) in [5.74, 6) is 0. The lowest BCUT2D eigenvalue weighted by molar-refractivity contribution is 0.0532. The van der Waals surface area contributed by atoms with Crippen LogP contribution in [-0.4, -0.2) is 35.9 Å². The monoisotopic (exact) mass is 222 g/mol. The molecule has 1 aliphatic heterocycles. The van der Waals surface area contributed by atoms with E-state index in [0.717, 1.165) is 25.4 Å². The minimum atomic E-state index is -0.502. The van der Waals surface area contributed by atoms with Crippen molar-refractivity contribution in [3.8, 4) is 0 Å². The molecule has 2 rings (SSSR count). The number of hydrogen-bond acceptors (Lipinski definition) is 4. The van der Waals surface area contributed by atoms with Gasteiger partial charge < -0.3 is 14.7 Å². The normalized spacial score (nSPS) is 23.2. The van der Waals surface area contributed by atoms with E-state index in [0.29, 0.717) is 5.69 Å². The third kappa shape index (κ3) is 2.51. The molecule has 0 saturated carbocycles. The molecule has 0 radical (unpaired) electrons. The summed E-state index contributed by atoms with van der Waals surface area (Å²) in [5.41, 5.74) is 1.81. The summed E-state index contributed by atoms with van der Waals surface area (Å²) >= 11 is 0. The maximum Gasteiger partial charge on any atom is 0.0931 e. The van der Waals surface area contributed by atoms with Crippen LogP contribution in [0.2, 0.25) is 0 Å². The van der Waals surface area contributed by atoms with Crippen LogP contribution in [0.5, 0.6) is 0 Å². The molecular formula is C12H18N2O2. The lowest BCUT2D eigenvalue weighted by Crippen LogP contribution is -2.41. The molecule has 0 aromatic carbocycles. The highest BCUT2D eigenvalue weighted by molar-refractivity contribution is 5.45. The van der Waals surface area contributed by atoms with Gasteiger partial charge in [0, 0.05) is 13.1 Å². The average Bonchev–Trinajstić information content (AvgIpc) is 2.29. The Labute approximate surface area is 95.9 Å². The van der Waals surface area contributed by atoms with Gasteiger partial charge in [-0.2, -0.15) is 0 Å². The van der Waals surface area contributed by atoms with E-state index in [1.165, 1.54) is 0 Å². The number of hydrogen-bond donors (Lipinski definition) is 1. The number of morpholine rings is 1. The van der Waals surface area contributed by atoms with Gasteiger partial charge in [0.25, 0.3) is 0 Å². The van der Waals surface area contributed by atoms with E-state index in [1.54, 1.807) is 6.92 Å². The van der Waals surface area contributed by atoms with Crippen LogP contribution in [0.4, 0.5) is 5.69 Å². The second-order valence-electron chi connectivity index (χ2n) is 4.24. The van der Waals surface area contributed by atoms with Crippen molar-refractivity contribution in [2.24, 2.45) is 0 Å². The van der Waals surface area contributed by atoms with E-state index in [9.17, 15) is 5.11 Å². The molecule has 0 spiro atoms. The molecule has 88 valence electrons. The number of aliphatic hydroxyl groups is 1. The first kappa shape index (κ1) is 11.4. The minimum absolute atomic E-state index is 0.269. The molecule has 1 aromatic heterocycles. The molecule has 1 N–H and O–H groups in total. The molecule has 0 bridgehead atoms. The Morgan fingerprint density at radius 1 is 1.56 bits per heavy atom. The Balaban J connectivity index is 2.09. The van der Waals surface area contributed by atoms with E-state index < -0.39 is 6.10 Å². The largest absolute Gasteiger partial charge is 0.387 e. The Bertz CT molecular complexity index is 337. The number of nitrogens with zero attached hydrogens (tertiary/aromatic N) is 2. The average molecular weight is 222 g/mol. The molecule has 4 heteroatoms. The van der Waals surface area contributed by atoms with Gasteiger partial charge in [0.15, 0.2) is 0 Å². The van der Waals surface area contributed by atoms with Gasteiger partial charge in [-0.25, -0.2) is 0 Å². The van der Waals surface area contributed by atoms with Crippen molar-refractivity contribution in [1.29, 1.82) is 0 Å². The first-order chi connectivity index (χ1) is 7.66. The first-order valence-electron chi connectivity index (χ1n) is 5.67. The SMILES string of the molecule is CC1CN(c2ccc([C@H](C)O)nc2)CCO1. The number of anilines is 1. The van der Waals surface area contributed by atoms with Crippen LogP contribution in [0.25, 0.3) is 0 Å². The molecule has 1 aliphatic rings. The number of aliphatic hydroxyl groups excluding tert-OH is 1. The van der Waals surface area contributed by atoms with Gasteiger partial charge >= 0.3 is 0 Å². The van der Waals surface area contributed by atoms with E-state index in [4.69, 9.17) is 4.74 Å². The molecule has 1 fully saturated rings. The van der Waals surface area contributed by atoms with Crippen molar-refractivity contribution in [2.45, 2.75) is 26.1 Å². The van der Waals surface area contributed by atoms with E-state index >= 15 is 0 Å². The van der Waals surface area contributed by atoms with Crippen LogP contribution in [-0.2, 0) is 4.74 Å². The zero-order valence-electron chi connectivity index (χ0n) is 9.76. The van der Waals surface area contributed by atoms with Crippen molar-refractivity contribution < 1.29 is 9.84 Å². The van der Waals surface area contributed by atoms with Gasteiger partial charge in [-0.05, 0) is 26.0 Å². The van der Waals surface area contributed by atoms with Crippen LogP contribution in [0.15, 0.2) is 18.3 Å². The lowest BCUT2D eigenvalue weighted by atomic mass is 10.2. The third-order valence-corrected chi connectivity index (χ3v) is 2.81. The highest BCUT2D eigenvalue weighted by Gasteiger charge is 2.17. The lowest BCUT2D eigenvalue weighted by Gasteiger charge is -2.32. The fourth-order valence-corrected chi connectivity index (χ4v) is 1.88.